The van der Waals surface area contributed by atoms with E-state index in [2.05, 4.69) is 26.0 Å². The maximum Gasteiger partial charge on any atom is 0.222 e. The molecule has 2 nitrogen and oxygen atoms in total. The molecule has 1 fully saturated rings. The van der Waals surface area contributed by atoms with Crippen LogP contribution in [0, 0.1) is 5.41 Å². The average molecular weight is 245 g/mol. The zero-order valence-corrected chi connectivity index (χ0v) is 11.5. The van der Waals surface area contributed by atoms with Crippen LogP contribution < -0.4 is 0 Å². The van der Waals surface area contributed by atoms with Crippen LogP contribution in [-0.4, -0.2) is 23.9 Å². The van der Waals surface area contributed by atoms with E-state index in [1.807, 2.05) is 23.1 Å². The van der Waals surface area contributed by atoms with Crippen molar-refractivity contribution in [1.29, 1.82) is 0 Å². The van der Waals surface area contributed by atoms with Gasteiger partial charge in [0.25, 0.3) is 0 Å². The molecule has 1 heterocycles. The maximum atomic E-state index is 12.1. The van der Waals surface area contributed by atoms with E-state index in [1.165, 1.54) is 5.56 Å². The third kappa shape index (κ3) is 3.59. The molecule has 1 aliphatic heterocycles. The van der Waals surface area contributed by atoms with Gasteiger partial charge in [0, 0.05) is 19.5 Å². The summed E-state index contributed by atoms with van der Waals surface area (Å²) in [5, 5.41) is 0. The van der Waals surface area contributed by atoms with Crippen LogP contribution in [0.4, 0.5) is 0 Å². The number of hydrogen-bond acceptors (Lipinski definition) is 1. The van der Waals surface area contributed by atoms with Gasteiger partial charge in [0.2, 0.25) is 5.91 Å². The second-order valence-corrected chi connectivity index (χ2v) is 6.03. The van der Waals surface area contributed by atoms with Gasteiger partial charge in [-0.15, -0.1) is 0 Å². The quantitative estimate of drug-likeness (QED) is 0.800. The standard InChI is InChI=1S/C16H23NO/c1-16(2)10-12-17(13-11-16)15(18)9-8-14-6-4-3-5-7-14/h3-7H,8-13H2,1-2H3. The molecule has 18 heavy (non-hydrogen) atoms. The van der Waals surface area contributed by atoms with E-state index in [4.69, 9.17) is 0 Å². The molecule has 0 N–H and O–H groups in total. The molecule has 2 heteroatoms. The van der Waals surface area contributed by atoms with Crippen LogP contribution in [0.25, 0.3) is 0 Å². The molecule has 1 saturated heterocycles. The fourth-order valence-corrected chi connectivity index (χ4v) is 2.42. The Morgan fingerprint density at radius 2 is 1.78 bits per heavy atom. The zero-order valence-electron chi connectivity index (χ0n) is 11.5. The highest BCUT2D eigenvalue weighted by Gasteiger charge is 2.27. The molecular formula is C16H23NO. The Morgan fingerprint density at radius 3 is 2.39 bits per heavy atom. The first kappa shape index (κ1) is 13.1. The maximum absolute atomic E-state index is 12.1. The molecule has 0 radical (unpaired) electrons. The van der Waals surface area contributed by atoms with Crippen LogP contribution in [0.3, 0.4) is 0 Å². The largest absolute Gasteiger partial charge is 0.343 e. The van der Waals surface area contributed by atoms with Gasteiger partial charge in [-0.1, -0.05) is 44.2 Å². The third-order valence-corrected chi connectivity index (χ3v) is 3.94. The first-order valence-corrected chi connectivity index (χ1v) is 6.89. The summed E-state index contributed by atoms with van der Waals surface area (Å²) in [6.45, 7) is 6.44. The molecule has 1 aromatic carbocycles. The van der Waals surface area contributed by atoms with E-state index < -0.39 is 0 Å². The van der Waals surface area contributed by atoms with Crippen molar-refractivity contribution < 1.29 is 4.79 Å². The highest BCUT2D eigenvalue weighted by Crippen LogP contribution is 2.29. The molecule has 0 spiro atoms. The minimum atomic E-state index is 0.314. The van der Waals surface area contributed by atoms with Gasteiger partial charge < -0.3 is 4.90 Å². The average Bonchev–Trinajstić information content (AvgIpc) is 2.37. The molecular weight excluding hydrogens is 222 g/mol. The summed E-state index contributed by atoms with van der Waals surface area (Å²) in [5.74, 6) is 0.314. The highest BCUT2D eigenvalue weighted by molar-refractivity contribution is 5.76. The lowest BCUT2D eigenvalue weighted by molar-refractivity contribution is -0.133. The highest BCUT2D eigenvalue weighted by atomic mass is 16.2. The van der Waals surface area contributed by atoms with Crippen molar-refractivity contribution in [2.75, 3.05) is 13.1 Å². The van der Waals surface area contributed by atoms with Crippen LogP contribution in [0.5, 0.6) is 0 Å². The van der Waals surface area contributed by atoms with Gasteiger partial charge in [-0.05, 0) is 30.2 Å². The fourth-order valence-electron chi connectivity index (χ4n) is 2.42. The molecule has 1 aliphatic rings. The summed E-state index contributed by atoms with van der Waals surface area (Å²) < 4.78 is 0. The molecule has 2 rings (SSSR count). The Hall–Kier alpha value is -1.31. The van der Waals surface area contributed by atoms with Crippen molar-refractivity contribution in [3.63, 3.8) is 0 Å². The predicted molar refractivity (Wildman–Crippen MR) is 74.4 cm³/mol. The molecule has 1 aromatic rings. The Kier molecular flexibility index (Phi) is 4.05. The van der Waals surface area contributed by atoms with Crippen LogP contribution in [0.2, 0.25) is 0 Å². The Bertz CT molecular complexity index is 387. The first-order valence-electron chi connectivity index (χ1n) is 6.89. The molecule has 98 valence electrons. The summed E-state index contributed by atoms with van der Waals surface area (Å²) in [5.41, 5.74) is 1.67. The number of rotatable bonds is 3. The molecule has 0 saturated carbocycles. The lowest BCUT2D eigenvalue weighted by atomic mass is 9.82. The minimum Gasteiger partial charge on any atom is -0.343 e. The van der Waals surface area contributed by atoms with Crippen LogP contribution >= 0.6 is 0 Å². The topological polar surface area (TPSA) is 20.3 Å². The van der Waals surface area contributed by atoms with Crippen LogP contribution in [-0.2, 0) is 11.2 Å². The van der Waals surface area contributed by atoms with Crippen molar-refractivity contribution in [3.05, 3.63) is 35.9 Å². The monoisotopic (exact) mass is 245 g/mol. The minimum absolute atomic E-state index is 0.314. The summed E-state index contributed by atoms with van der Waals surface area (Å²) in [7, 11) is 0. The van der Waals surface area contributed by atoms with Crippen LogP contribution in [0.1, 0.15) is 38.7 Å². The number of amides is 1. The van der Waals surface area contributed by atoms with E-state index >= 15 is 0 Å². The lowest BCUT2D eigenvalue weighted by Crippen LogP contribution is -2.41. The molecule has 0 atom stereocenters. The van der Waals surface area contributed by atoms with E-state index in [0.717, 1.165) is 32.4 Å². The number of carbonyl (C=O) groups excluding carboxylic acids is 1. The molecule has 0 unspecified atom stereocenters. The number of likely N-dealkylation sites (tertiary alicyclic amines) is 1. The van der Waals surface area contributed by atoms with Gasteiger partial charge in [0.05, 0.1) is 0 Å². The first-order chi connectivity index (χ1) is 8.57. The van der Waals surface area contributed by atoms with Crippen molar-refractivity contribution in [1.82, 2.24) is 4.90 Å². The summed E-state index contributed by atoms with van der Waals surface area (Å²) >= 11 is 0. The number of benzene rings is 1. The van der Waals surface area contributed by atoms with Crippen molar-refractivity contribution >= 4 is 5.91 Å². The van der Waals surface area contributed by atoms with Gasteiger partial charge in [0.1, 0.15) is 0 Å². The zero-order chi connectivity index (χ0) is 13.0. The number of aryl methyl sites for hydroxylation is 1. The van der Waals surface area contributed by atoms with E-state index in [9.17, 15) is 4.79 Å². The summed E-state index contributed by atoms with van der Waals surface area (Å²) in [4.78, 5) is 14.1. The van der Waals surface area contributed by atoms with Crippen molar-refractivity contribution in [2.45, 2.75) is 39.5 Å². The van der Waals surface area contributed by atoms with Crippen molar-refractivity contribution in [3.8, 4) is 0 Å². The normalized spacial score (nSPS) is 18.7. The van der Waals surface area contributed by atoms with E-state index in [1.54, 1.807) is 0 Å². The third-order valence-electron chi connectivity index (χ3n) is 3.94. The van der Waals surface area contributed by atoms with Gasteiger partial charge >= 0.3 is 0 Å². The predicted octanol–water partition coefficient (Wildman–Crippen LogP) is 3.27. The molecule has 0 aromatic heterocycles. The smallest absolute Gasteiger partial charge is 0.222 e. The van der Waals surface area contributed by atoms with Gasteiger partial charge in [-0.2, -0.15) is 0 Å². The number of piperidine rings is 1. The molecule has 0 bridgehead atoms. The fraction of sp³-hybridized carbons (Fsp3) is 0.562. The molecule has 0 aliphatic carbocycles. The van der Waals surface area contributed by atoms with Gasteiger partial charge in [-0.3, -0.25) is 4.79 Å². The summed E-state index contributed by atoms with van der Waals surface area (Å²) in [6.07, 6.45) is 3.76. The SMILES string of the molecule is CC1(C)CCN(C(=O)CCc2ccccc2)CC1. The Balaban J connectivity index is 1.79. The van der Waals surface area contributed by atoms with Crippen LogP contribution in [0.15, 0.2) is 30.3 Å². The lowest BCUT2D eigenvalue weighted by Gasteiger charge is -2.37. The van der Waals surface area contributed by atoms with Gasteiger partial charge in [-0.25, -0.2) is 0 Å². The van der Waals surface area contributed by atoms with E-state index in [-0.39, 0.29) is 0 Å². The second-order valence-electron chi connectivity index (χ2n) is 6.03. The molecule has 1 amide bonds. The second kappa shape index (κ2) is 5.55. The number of carbonyl (C=O) groups is 1. The number of hydrogen-bond donors (Lipinski definition) is 0. The Morgan fingerprint density at radius 1 is 1.17 bits per heavy atom. The Labute approximate surface area is 110 Å². The van der Waals surface area contributed by atoms with E-state index in [0.29, 0.717) is 17.7 Å². The van der Waals surface area contributed by atoms with Crippen molar-refractivity contribution in [2.24, 2.45) is 5.41 Å². The van der Waals surface area contributed by atoms with Gasteiger partial charge in [0.15, 0.2) is 0 Å². The number of nitrogens with zero attached hydrogens (tertiary/aromatic N) is 1. The summed E-state index contributed by atoms with van der Waals surface area (Å²) in [6, 6.07) is 10.3.